The Kier molecular flexibility index (Phi) is 7.04. The first kappa shape index (κ1) is 22.5. The minimum absolute atomic E-state index is 0.126. The quantitative estimate of drug-likeness (QED) is 0.543. The predicted octanol–water partition coefficient (Wildman–Crippen LogP) is 4.34. The van der Waals surface area contributed by atoms with Crippen LogP contribution in [0, 0.1) is 6.92 Å². The maximum Gasteiger partial charge on any atom is 0.264 e. The number of sulfonamides is 1. The summed E-state index contributed by atoms with van der Waals surface area (Å²) in [4.78, 5) is 12.5. The summed E-state index contributed by atoms with van der Waals surface area (Å²) in [5.74, 6) is -0.318. The molecule has 0 aromatic heterocycles. The van der Waals surface area contributed by atoms with Crippen molar-refractivity contribution in [3.8, 4) is 0 Å². The third-order valence-electron chi connectivity index (χ3n) is 4.54. The molecule has 0 atom stereocenters. The average Bonchev–Trinajstić information content (AvgIpc) is 2.75. The van der Waals surface area contributed by atoms with Crippen LogP contribution in [0.25, 0.3) is 0 Å². The second-order valence-corrected chi connectivity index (χ2v) is 9.08. The first-order valence-electron chi connectivity index (χ1n) is 9.68. The summed E-state index contributed by atoms with van der Waals surface area (Å²) >= 11 is 5.21. The molecule has 0 aliphatic heterocycles. The van der Waals surface area contributed by atoms with E-state index in [1.807, 2.05) is 19.1 Å². The van der Waals surface area contributed by atoms with Crippen molar-refractivity contribution in [1.82, 2.24) is 5.32 Å². The number of aryl methyl sites for hydroxylation is 1. The number of thiocarbonyl (C=S) groups is 1. The van der Waals surface area contributed by atoms with E-state index in [1.54, 1.807) is 61.5 Å². The van der Waals surface area contributed by atoms with E-state index in [0.717, 1.165) is 5.56 Å². The van der Waals surface area contributed by atoms with Crippen LogP contribution in [0.1, 0.15) is 22.8 Å². The number of benzene rings is 3. The Morgan fingerprint density at radius 1 is 0.968 bits per heavy atom. The summed E-state index contributed by atoms with van der Waals surface area (Å²) in [6, 6.07) is 22.4. The smallest absolute Gasteiger partial charge is 0.264 e. The summed E-state index contributed by atoms with van der Waals surface area (Å²) in [5, 5.41) is 5.65. The molecule has 160 valence electrons. The van der Waals surface area contributed by atoms with Crippen LogP contribution >= 0.6 is 12.2 Å². The van der Waals surface area contributed by atoms with Gasteiger partial charge in [-0.15, -0.1) is 0 Å². The van der Waals surface area contributed by atoms with E-state index in [4.69, 9.17) is 12.2 Å². The van der Waals surface area contributed by atoms with Crippen LogP contribution in [0.5, 0.6) is 0 Å². The number of para-hydroxylation sites is 1. The van der Waals surface area contributed by atoms with Gasteiger partial charge < -0.3 is 5.32 Å². The highest BCUT2D eigenvalue weighted by molar-refractivity contribution is 7.92. The molecular weight excluding hydrogens is 430 g/mol. The molecule has 0 saturated carbocycles. The number of hydrogen-bond acceptors (Lipinski definition) is 4. The van der Waals surface area contributed by atoms with Gasteiger partial charge in [0.05, 0.1) is 10.6 Å². The molecule has 3 aromatic rings. The third-order valence-corrected chi connectivity index (χ3v) is 6.66. The number of rotatable bonds is 6. The Balaban J connectivity index is 1.69. The van der Waals surface area contributed by atoms with Crippen LogP contribution in [-0.4, -0.2) is 26.0 Å². The van der Waals surface area contributed by atoms with Crippen molar-refractivity contribution in [2.24, 2.45) is 0 Å². The molecular formula is C23H23N3O3S2. The lowest BCUT2D eigenvalue weighted by Crippen LogP contribution is -2.34. The Labute approximate surface area is 188 Å². The number of carbonyl (C=O) groups is 1. The molecule has 3 rings (SSSR count). The predicted molar refractivity (Wildman–Crippen MR) is 128 cm³/mol. The molecule has 2 N–H and O–H groups in total. The van der Waals surface area contributed by atoms with Gasteiger partial charge in [0.25, 0.3) is 15.9 Å². The first-order valence-corrected chi connectivity index (χ1v) is 11.5. The summed E-state index contributed by atoms with van der Waals surface area (Å²) in [6.07, 6.45) is 0. The second kappa shape index (κ2) is 9.72. The number of carbonyl (C=O) groups excluding carboxylic acids is 1. The van der Waals surface area contributed by atoms with Gasteiger partial charge in [0, 0.05) is 17.8 Å². The van der Waals surface area contributed by atoms with E-state index >= 15 is 0 Å². The fraction of sp³-hybridized carbons (Fsp3) is 0.130. The molecule has 1 amide bonds. The van der Waals surface area contributed by atoms with Crippen molar-refractivity contribution >= 4 is 44.6 Å². The number of anilines is 2. The normalized spacial score (nSPS) is 10.9. The molecule has 0 aliphatic carbocycles. The van der Waals surface area contributed by atoms with Gasteiger partial charge in [0.2, 0.25) is 0 Å². The van der Waals surface area contributed by atoms with Crippen molar-refractivity contribution in [2.45, 2.75) is 18.7 Å². The van der Waals surface area contributed by atoms with Crippen molar-refractivity contribution in [2.75, 3.05) is 16.2 Å². The van der Waals surface area contributed by atoms with Crippen LogP contribution in [0.4, 0.5) is 11.4 Å². The van der Waals surface area contributed by atoms with Crippen molar-refractivity contribution in [3.05, 3.63) is 90.0 Å². The molecule has 3 aromatic carbocycles. The van der Waals surface area contributed by atoms with Crippen LogP contribution in [-0.2, 0) is 10.0 Å². The molecule has 0 spiro atoms. The van der Waals surface area contributed by atoms with Crippen LogP contribution in [0.2, 0.25) is 0 Å². The van der Waals surface area contributed by atoms with Crippen molar-refractivity contribution in [3.63, 3.8) is 0 Å². The van der Waals surface area contributed by atoms with E-state index in [0.29, 0.717) is 23.5 Å². The third kappa shape index (κ3) is 5.48. The number of nitrogens with one attached hydrogen (secondary N) is 2. The number of nitrogens with zero attached hydrogens (tertiary/aromatic N) is 1. The molecule has 0 saturated heterocycles. The fourth-order valence-corrected chi connectivity index (χ4v) is 4.73. The highest BCUT2D eigenvalue weighted by atomic mass is 32.2. The van der Waals surface area contributed by atoms with Gasteiger partial charge in [-0.1, -0.05) is 35.9 Å². The lowest BCUT2D eigenvalue weighted by molar-refractivity contribution is 0.0977. The highest BCUT2D eigenvalue weighted by Gasteiger charge is 2.23. The topological polar surface area (TPSA) is 78.5 Å². The zero-order chi connectivity index (χ0) is 22.4. The Hall–Kier alpha value is -3.23. The largest absolute Gasteiger partial charge is 0.332 e. The van der Waals surface area contributed by atoms with Gasteiger partial charge >= 0.3 is 0 Å². The molecule has 31 heavy (non-hydrogen) atoms. The molecule has 0 heterocycles. The number of hydrogen-bond donors (Lipinski definition) is 2. The molecule has 0 radical (unpaired) electrons. The van der Waals surface area contributed by atoms with Gasteiger partial charge in [-0.3, -0.25) is 14.4 Å². The van der Waals surface area contributed by atoms with Gasteiger partial charge in [-0.2, -0.15) is 0 Å². The second-order valence-electron chi connectivity index (χ2n) is 6.81. The number of amides is 1. The van der Waals surface area contributed by atoms with Gasteiger partial charge in [-0.05, 0) is 74.6 Å². The lowest BCUT2D eigenvalue weighted by Gasteiger charge is -2.23. The zero-order valence-corrected chi connectivity index (χ0v) is 18.8. The van der Waals surface area contributed by atoms with Crippen molar-refractivity contribution in [1.29, 1.82) is 0 Å². The summed E-state index contributed by atoms with van der Waals surface area (Å²) in [7, 11) is -3.71. The maximum atomic E-state index is 13.0. The minimum atomic E-state index is -3.71. The maximum absolute atomic E-state index is 13.0. The first-order chi connectivity index (χ1) is 14.8. The molecule has 0 unspecified atom stereocenters. The molecule has 0 bridgehead atoms. The van der Waals surface area contributed by atoms with Gasteiger partial charge in [-0.25, -0.2) is 8.42 Å². The zero-order valence-electron chi connectivity index (χ0n) is 17.2. The average molecular weight is 454 g/mol. The van der Waals surface area contributed by atoms with Crippen molar-refractivity contribution < 1.29 is 13.2 Å². The highest BCUT2D eigenvalue weighted by Crippen LogP contribution is 2.24. The summed E-state index contributed by atoms with van der Waals surface area (Å²) < 4.78 is 27.4. The molecule has 6 nitrogen and oxygen atoms in total. The van der Waals surface area contributed by atoms with E-state index in [1.165, 1.54) is 16.4 Å². The SMILES string of the molecule is CCN(c1ccccc1)S(=O)(=O)c1ccc(NC(=S)NC(=O)c2cccc(C)c2)cc1. The lowest BCUT2D eigenvalue weighted by atomic mass is 10.1. The van der Waals surface area contributed by atoms with E-state index in [-0.39, 0.29) is 15.9 Å². The summed E-state index contributed by atoms with van der Waals surface area (Å²) in [6.45, 7) is 4.00. The van der Waals surface area contributed by atoms with E-state index < -0.39 is 10.0 Å². The molecule has 8 heteroatoms. The molecule has 0 aliphatic rings. The Bertz CT molecular complexity index is 1180. The van der Waals surface area contributed by atoms with Gasteiger partial charge in [0.15, 0.2) is 5.11 Å². The van der Waals surface area contributed by atoms with Crippen LogP contribution < -0.4 is 14.9 Å². The molecule has 0 fully saturated rings. The van der Waals surface area contributed by atoms with Crippen LogP contribution in [0.15, 0.2) is 83.8 Å². The minimum Gasteiger partial charge on any atom is -0.332 e. The van der Waals surface area contributed by atoms with Crippen LogP contribution in [0.3, 0.4) is 0 Å². The Morgan fingerprint density at radius 3 is 2.26 bits per heavy atom. The summed E-state index contributed by atoms with van der Waals surface area (Å²) in [5.41, 5.74) is 2.65. The van der Waals surface area contributed by atoms with Gasteiger partial charge in [0.1, 0.15) is 0 Å². The van der Waals surface area contributed by atoms with E-state index in [2.05, 4.69) is 10.6 Å². The standard InChI is InChI=1S/C23H23N3O3S2/c1-3-26(20-10-5-4-6-11-20)31(28,29)21-14-12-19(13-15-21)24-23(30)25-22(27)18-9-7-8-17(2)16-18/h4-16H,3H2,1-2H3,(H2,24,25,27,30). The fourth-order valence-electron chi connectivity index (χ4n) is 3.05. The Morgan fingerprint density at radius 2 is 1.65 bits per heavy atom. The van der Waals surface area contributed by atoms with E-state index in [9.17, 15) is 13.2 Å². The monoisotopic (exact) mass is 453 g/mol.